The van der Waals surface area contributed by atoms with Gasteiger partial charge in [-0.3, -0.25) is 0 Å². The summed E-state index contributed by atoms with van der Waals surface area (Å²) >= 11 is 0. The van der Waals surface area contributed by atoms with Crippen molar-refractivity contribution in [1.29, 1.82) is 0 Å². The highest BCUT2D eigenvalue weighted by atomic mass is 16.6. The minimum absolute atomic E-state index is 0.819. The summed E-state index contributed by atoms with van der Waals surface area (Å²) in [5.74, 6) is 0. The van der Waals surface area contributed by atoms with Crippen molar-refractivity contribution in [2.75, 3.05) is 26.2 Å². The van der Waals surface area contributed by atoms with Crippen LogP contribution in [0.25, 0.3) is 0 Å². The van der Waals surface area contributed by atoms with Gasteiger partial charge >= 0.3 is 6.16 Å². The third-order valence-corrected chi connectivity index (χ3v) is 1.89. The van der Waals surface area contributed by atoms with Crippen LogP contribution in [0.2, 0.25) is 0 Å². The average Bonchev–Trinajstić information content (AvgIpc) is 2.06. The van der Waals surface area contributed by atoms with Crippen LogP contribution < -0.4 is 5.73 Å². The van der Waals surface area contributed by atoms with E-state index in [0.717, 1.165) is 13.1 Å². The van der Waals surface area contributed by atoms with E-state index in [0.29, 0.717) is 0 Å². The van der Waals surface area contributed by atoms with Gasteiger partial charge in [0.15, 0.2) is 0 Å². The molecule has 0 aromatic heterocycles. The lowest BCUT2D eigenvalue weighted by atomic mass is 10.1. The van der Waals surface area contributed by atoms with Gasteiger partial charge in [0.1, 0.15) is 0 Å². The number of rotatable bonds is 2. The summed E-state index contributed by atoms with van der Waals surface area (Å²) in [4.78, 5) is 11.0. The Labute approximate surface area is 78.1 Å². The zero-order valence-corrected chi connectivity index (χ0v) is 7.78. The maximum atomic E-state index is 8.56. The van der Waals surface area contributed by atoms with Crippen LogP contribution in [0.15, 0.2) is 0 Å². The third kappa shape index (κ3) is 9.10. The zero-order valence-electron chi connectivity index (χ0n) is 7.78. The largest absolute Gasteiger partial charge is 0.503 e. The van der Waals surface area contributed by atoms with Crippen molar-refractivity contribution in [3.63, 3.8) is 0 Å². The Balaban J connectivity index is 0.000000310. The van der Waals surface area contributed by atoms with E-state index in [4.69, 9.17) is 20.7 Å². The van der Waals surface area contributed by atoms with E-state index in [1.54, 1.807) is 0 Å². The van der Waals surface area contributed by atoms with E-state index < -0.39 is 6.16 Å². The van der Waals surface area contributed by atoms with Crippen LogP contribution in [0.3, 0.4) is 0 Å². The number of piperidine rings is 1. The van der Waals surface area contributed by atoms with E-state index in [9.17, 15) is 0 Å². The molecule has 0 radical (unpaired) electrons. The van der Waals surface area contributed by atoms with Crippen molar-refractivity contribution >= 4 is 6.16 Å². The first-order valence-corrected chi connectivity index (χ1v) is 4.51. The average molecular weight is 190 g/mol. The molecule has 1 heterocycles. The number of nitrogens with two attached hydrogens (primary N) is 1. The van der Waals surface area contributed by atoms with Crippen LogP contribution in [-0.2, 0) is 0 Å². The van der Waals surface area contributed by atoms with Crippen molar-refractivity contribution in [2.45, 2.75) is 19.3 Å². The van der Waals surface area contributed by atoms with Crippen molar-refractivity contribution in [1.82, 2.24) is 4.90 Å². The van der Waals surface area contributed by atoms with Gasteiger partial charge in [-0.05, 0) is 25.9 Å². The normalized spacial score (nSPS) is 17.3. The van der Waals surface area contributed by atoms with Crippen molar-refractivity contribution in [3.8, 4) is 0 Å². The van der Waals surface area contributed by atoms with E-state index in [-0.39, 0.29) is 0 Å². The Morgan fingerprint density at radius 1 is 1.23 bits per heavy atom. The maximum Gasteiger partial charge on any atom is 0.503 e. The Morgan fingerprint density at radius 3 is 2.08 bits per heavy atom. The van der Waals surface area contributed by atoms with E-state index in [1.807, 2.05) is 0 Å². The highest BCUT2D eigenvalue weighted by Gasteiger charge is 2.07. The lowest BCUT2D eigenvalue weighted by molar-refractivity contribution is 0.137. The van der Waals surface area contributed by atoms with Crippen LogP contribution in [0.4, 0.5) is 4.79 Å². The summed E-state index contributed by atoms with van der Waals surface area (Å²) < 4.78 is 0. The Morgan fingerprint density at radius 2 is 1.69 bits per heavy atom. The van der Waals surface area contributed by atoms with E-state index in [2.05, 4.69) is 4.90 Å². The fourth-order valence-electron chi connectivity index (χ4n) is 1.37. The molecular weight excluding hydrogens is 172 g/mol. The minimum atomic E-state index is -1.83. The molecule has 0 aromatic rings. The predicted octanol–water partition coefficient (Wildman–Crippen LogP) is 0.653. The molecule has 0 unspecified atom stereocenters. The number of hydrogen-bond donors (Lipinski definition) is 3. The number of likely N-dealkylation sites (tertiary alicyclic amines) is 1. The highest BCUT2D eigenvalue weighted by molar-refractivity contribution is 5.53. The highest BCUT2D eigenvalue weighted by Crippen LogP contribution is 2.06. The third-order valence-electron chi connectivity index (χ3n) is 1.89. The molecule has 0 aliphatic carbocycles. The van der Waals surface area contributed by atoms with Gasteiger partial charge in [0.2, 0.25) is 0 Å². The Bertz CT molecular complexity index is 129. The lowest BCUT2D eigenvalue weighted by Gasteiger charge is -2.25. The van der Waals surface area contributed by atoms with Crippen LogP contribution in [0.1, 0.15) is 19.3 Å². The molecule has 0 aromatic carbocycles. The molecule has 0 atom stereocenters. The Kier molecular flexibility index (Phi) is 7.33. The lowest BCUT2D eigenvalue weighted by Crippen LogP contribution is -2.33. The first kappa shape index (κ1) is 12.2. The quantitative estimate of drug-likeness (QED) is 0.595. The number of nitrogens with zero attached hydrogens (tertiary/aromatic N) is 1. The van der Waals surface area contributed by atoms with Gasteiger partial charge in [0.05, 0.1) is 0 Å². The second kappa shape index (κ2) is 7.82. The molecule has 5 heteroatoms. The van der Waals surface area contributed by atoms with E-state index in [1.165, 1.54) is 32.4 Å². The SMILES string of the molecule is NCCN1CCCCC1.O=C(O)O. The van der Waals surface area contributed by atoms with Crippen molar-refractivity contribution in [2.24, 2.45) is 5.73 Å². The van der Waals surface area contributed by atoms with Crippen LogP contribution in [-0.4, -0.2) is 47.4 Å². The smallest absolute Gasteiger partial charge is 0.450 e. The molecular formula is C8H18N2O3. The summed E-state index contributed by atoms with van der Waals surface area (Å²) in [5.41, 5.74) is 5.42. The van der Waals surface area contributed by atoms with Gasteiger partial charge in [-0.15, -0.1) is 0 Å². The number of hydrogen-bond acceptors (Lipinski definition) is 3. The molecule has 0 bridgehead atoms. The van der Waals surface area contributed by atoms with Crippen molar-refractivity contribution in [3.05, 3.63) is 0 Å². The van der Waals surface area contributed by atoms with Gasteiger partial charge < -0.3 is 20.8 Å². The summed E-state index contributed by atoms with van der Waals surface area (Å²) in [6, 6.07) is 0. The first-order chi connectivity index (χ1) is 6.16. The van der Waals surface area contributed by atoms with Crippen LogP contribution in [0.5, 0.6) is 0 Å². The monoisotopic (exact) mass is 190 g/mol. The van der Waals surface area contributed by atoms with Crippen LogP contribution in [0, 0.1) is 0 Å². The van der Waals surface area contributed by atoms with Gasteiger partial charge in [-0.25, -0.2) is 4.79 Å². The van der Waals surface area contributed by atoms with Crippen LogP contribution >= 0.6 is 0 Å². The fourth-order valence-corrected chi connectivity index (χ4v) is 1.37. The molecule has 0 saturated carbocycles. The summed E-state index contributed by atoms with van der Waals surface area (Å²) in [5, 5.41) is 13.9. The first-order valence-electron chi connectivity index (χ1n) is 4.51. The second-order valence-corrected chi connectivity index (χ2v) is 2.97. The van der Waals surface area contributed by atoms with Gasteiger partial charge in [-0.2, -0.15) is 0 Å². The zero-order chi connectivity index (χ0) is 10.1. The number of carbonyl (C=O) groups is 1. The van der Waals surface area contributed by atoms with Gasteiger partial charge in [0.25, 0.3) is 0 Å². The minimum Gasteiger partial charge on any atom is -0.450 e. The number of carboxylic acid groups (broad SMARTS) is 2. The predicted molar refractivity (Wildman–Crippen MR) is 50.0 cm³/mol. The molecule has 13 heavy (non-hydrogen) atoms. The Hall–Kier alpha value is -0.810. The molecule has 1 saturated heterocycles. The second-order valence-electron chi connectivity index (χ2n) is 2.97. The molecule has 5 nitrogen and oxygen atoms in total. The molecule has 78 valence electrons. The molecule has 1 aliphatic heterocycles. The fraction of sp³-hybridized carbons (Fsp3) is 0.875. The molecule has 0 spiro atoms. The molecule has 1 aliphatic rings. The summed E-state index contributed by atoms with van der Waals surface area (Å²) in [7, 11) is 0. The van der Waals surface area contributed by atoms with Crippen molar-refractivity contribution < 1.29 is 15.0 Å². The molecule has 1 rings (SSSR count). The standard InChI is InChI=1S/C7H16N2.CH2O3/c8-4-7-9-5-2-1-3-6-9;2-1(3)4/h1-8H2;(H2,2,3,4). The molecule has 4 N–H and O–H groups in total. The van der Waals surface area contributed by atoms with Gasteiger partial charge in [-0.1, -0.05) is 6.42 Å². The summed E-state index contributed by atoms with van der Waals surface area (Å²) in [6.45, 7) is 4.47. The van der Waals surface area contributed by atoms with Gasteiger partial charge in [0, 0.05) is 13.1 Å². The van der Waals surface area contributed by atoms with E-state index >= 15 is 0 Å². The molecule has 1 fully saturated rings. The topological polar surface area (TPSA) is 86.8 Å². The molecule has 0 amide bonds. The summed E-state index contributed by atoms with van der Waals surface area (Å²) in [6.07, 6.45) is 2.33. The maximum absolute atomic E-state index is 8.56.